The second-order valence-electron chi connectivity index (χ2n) is 9.67. The Hall–Kier alpha value is -2.58. The Labute approximate surface area is 190 Å². The van der Waals surface area contributed by atoms with Gasteiger partial charge < -0.3 is 25.8 Å². The van der Waals surface area contributed by atoms with E-state index < -0.39 is 5.41 Å². The van der Waals surface area contributed by atoms with E-state index in [1.165, 1.54) is 25.3 Å². The van der Waals surface area contributed by atoms with Crippen molar-refractivity contribution in [2.75, 3.05) is 11.9 Å². The minimum absolute atomic E-state index is 0.0117. The summed E-state index contributed by atoms with van der Waals surface area (Å²) in [6.45, 7) is 0.125. The monoisotopic (exact) mass is 459 g/mol. The van der Waals surface area contributed by atoms with Crippen LogP contribution in [0.2, 0.25) is 5.02 Å². The maximum Gasteiger partial charge on any atom is 0.230 e. The molecule has 1 aromatic heterocycles. The molecule has 4 bridgehead atoms. The van der Waals surface area contributed by atoms with Crippen molar-refractivity contribution >= 4 is 29.0 Å². The summed E-state index contributed by atoms with van der Waals surface area (Å²) in [4.78, 5) is 26.3. The Balaban J connectivity index is 1.54. The summed E-state index contributed by atoms with van der Waals surface area (Å²) >= 11 is 6.03. The zero-order chi connectivity index (χ0) is 22.6. The third-order valence-electron chi connectivity index (χ3n) is 7.40. The van der Waals surface area contributed by atoms with Gasteiger partial charge in [0.05, 0.1) is 16.0 Å². The molecule has 32 heavy (non-hydrogen) atoms. The van der Waals surface area contributed by atoms with Gasteiger partial charge in [-0.3, -0.25) is 9.59 Å². The van der Waals surface area contributed by atoms with Crippen LogP contribution in [-0.2, 0) is 4.79 Å². The lowest BCUT2D eigenvalue weighted by molar-refractivity contribution is -0.140. The molecule has 0 radical (unpaired) electrons. The molecule has 6 rings (SSSR count). The van der Waals surface area contributed by atoms with E-state index in [-0.39, 0.29) is 63.9 Å². The Morgan fingerprint density at radius 1 is 1.12 bits per heavy atom. The van der Waals surface area contributed by atoms with Crippen molar-refractivity contribution < 1.29 is 24.3 Å². The highest BCUT2D eigenvalue weighted by Gasteiger charge is 2.54. The summed E-state index contributed by atoms with van der Waals surface area (Å²) in [6, 6.07) is 2.39. The topological polar surface area (TPSA) is 139 Å². The van der Waals surface area contributed by atoms with Gasteiger partial charge in [0, 0.05) is 12.5 Å². The van der Waals surface area contributed by atoms with Crippen LogP contribution in [0.25, 0.3) is 11.3 Å². The first kappa shape index (κ1) is 21.3. The molecule has 0 aliphatic heterocycles. The molecule has 4 aliphatic carbocycles. The fourth-order valence-corrected chi connectivity index (χ4v) is 6.56. The van der Waals surface area contributed by atoms with Crippen molar-refractivity contribution in [2.24, 2.45) is 28.9 Å². The largest absolute Gasteiger partial charge is 0.507 e. The van der Waals surface area contributed by atoms with Crippen LogP contribution in [0, 0.1) is 23.2 Å². The molecule has 0 saturated heterocycles. The van der Waals surface area contributed by atoms with Crippen LogP contribution >= 0.6 is 11.6 Å². The van der Waals surface area contributed by atoms with Crippen LogP contribution in [0.15, 0.2) is 16.7 Å². The van der Waals surface area contributed by atoms with Gasteiger partial charge in [-0.15, -0.1) is 0 Å². The van der Waals surface area contributed by atoms with E-state index in [1.54, 1.807) is 0 Å². The number of aromatic nitrogens is 1. The molecule has 0 atom stereocenters. The maximum atomic E-state index is 13.6. The minimum Gasteiger partial charge on any atom is -0.507 e. The number of nitrogens with one attached hydrogen (secondary N) is 1. The fraction of sp³-hybridized carbons (Fsp3) is 0.522. The highest BCUT2D eigenvalue weighted by Crippen LogP contribution is 2.60. The number of nitrogens with two attached hydrogens (primary N) is 1. The summed E-state index contributed by atoms with van der Waals surface area (Å²) in [6.07, 6.45) is 6.20. The van der Waals surface area contributed by atoms with E-state index in [0.717, 1.165) is 25.3 Å². The Morgan fingerprint density at radius 3 is 2.34 bits per heavy atom. The molecule has 5 N–H and O–H groups in total. The van der Waals surface area contributed by atoms with Crippen LogP contribution in [-0.4, -0.2) is 33.6 Å². The number of Topliss-reactive ketones (excluding diaryl/α,β-unsaturated/α-hetero) is 1. The van der Waals surface area contributed by atoms with E-state index in [2.05, 4.69) is 10.5 Å². The van der Waals surface area contributed by atoms with Crippen LogP contribution in [0.4, 0.5) is 5.69 Å². The second kappa shape index (κ2) is 7.78. The van der Waals surface area contributed by atoms with Crippen LogP contribution in [0.3, 0.4) is 0 Å². The first-order valence-electron chi connectivity index (χ1n) is 11.1. The molecular formula is C23H26ClN3O5. The number of carbonyl (C=O) groups is 2. The van der Waals surface area contributed by atoms with E-state index in [1.807, 2.05) is 0 Å². The lowest BCUT2D eigenvalue weighted by Crippen LogP contribution is -2.51. The molecule has 0 unspecified atom stereocenters. The first-order chi connectivity index (χ1) is 15.3. The predicted molar refractivity (Wildman–Crippen MR) is 118 cm³/mol. The zero-order valence-corrected chi connectivity index (χ0v) is 18.3. The average Bonchev–Trinajstić information content (AvgIpc) is 3.13. The van der Waals surface area contributed by atoms with Crippen molar-refractivity contribution in [2.45, 2.75) is 44.9 Å². The number of carbonyl (C=O) groups excluding carboxylic acids is 2. The second-order valence-corrected chi connectivity index (χ2v) is 10.1. The smallest absolute Gasteiger partial charge is 0.230 e. The number of hydrogen-bond donors (Lipinski definition) is 4. The van der Waals surface area contributed by atoms with Gasteiger partial charge in [-0.25, -0.2) is 0 Å². The molecule has 4 fully saturated rings. The molecule has 9 heteroatoms. The highest BCUT2D eigenvalue weighted by atomic mass is 35.5. The number of ketones is 1. The number of benzene rings is 1. The van der Waals surface area contributed by atoms with Crippen molar-refractivity contribution in [1.29, 1.82) is 0 Å². The van der Waals surface area contributed by atoms with Crippen LogP contribution in [0.5, 0.6) is 11.5 Å². The number of anilines is 1. The van der Waals surface area contributed by atoms with E-state index in [4.69, 9.17) is 21.9 Å². The Kier molecular flexibility index (Phi) is 5.17. The van der Waals surface area contributed by atoms with E-state index >= 15 is 0 Å². The molecule has 170 valence electrons. The summed E-state index contributed by atoms with van der Waals surface area (Å²) in [5.41, 5.74) is 5.29. The summed E-state index contributed by atoms with van der Waals surface area (Å²) in [7, 11) is 0. The summed E-state index contributed by atoms with van der Waals surface area (Å²) in [5, 5.41) is 27.0. The standard InChI is InChI=1S/C23H26ClN3O5/c24-15-6-14(17(29)7-18(15)30)21-20(19(27-32-21)16(28)1-2-25)26-22(31)23-8-11-3-12(9-23)5-13(4-11)10-23/h6-7,11-13,29-30H,1-5,8-10,25H2,(H,26,31). The van der Waals surface area contributed by atoms with Gasteiger partial charge in [-0.05, 0) is 68.9 Å². The average molecular weight is 460 g/mol. The maximum absolute atomic E-state index is 13.6. The fourth-order valence-electron chi connectivity index (χ4n) is 6.40. The highest BCUT2D eigenvalue weighted by molar-refractivity contribution is 6.32. The lowest BCUT2D eigenvalue weighted by atomic mass is 9.49. The van der Waals surface area contributed by atoms with Gasteiger partial charge in [-0.2, -0.15) is 0 Å². The van der Waals surface area contributed by atoms with Crippen molar-refractivity contribution in [3.8, 4) is 22.8 Å². The van der Waals surface area contributed by atoms with Crippen molar-refractivity contribution in [1.82, 2.24) is 5.16 Å². The number of hydrogen-bond acceptors (Lipinski definition) is 7. The SMILES string of the molecule is NCCC(=O)c1noc(-c2cc(Cl)c(O)cc2O)c1NC(=O)C12CC3CC(CC(C3)C1)C2. The van der Waals surface area contributed by atoms with Gasteiger partial charge >= 0.3 is 0 Å². The molecule has 4 saturated carbocycles. The number of phenolic OH excluding ortho intramolecular Hbond substituents is 2. The molecule has 1 heterocycles. The number of halogens is 1. The van der Waals surface area contributed by atoms with Crippen molar-refractivity contribution in [3.63, 3.8) is 0 Å². The van der Waals surface area contributed by atoms with E-state index in [0.29, 0.717) is 17.8 Å². The van der Waals surface area contributed by atoms with E-state index in [9.17, 15) is 19.8 Å². The zero-order valence-electron chi connectivity index (χ0n) is 17.6. The number of nitrogens with zero attached hydrogens (tertiary/aromatic N) is 1. The Morgan fingerprint density at radius 2 is 1.75 bits per heavy atom. The minimum atomic E-state index is -0.452. The predicted octanol–water partition coefficient (Wildman–Crippen LogP) is 4.09. The molecule has 1 amide bonds. The quantitative estimate of drug-likeness (QED) is 0.477. The number of aromatic hydroxyl groups is 2. The molecule has 2 aromatic rings. The number of rotatable bonds is 6. The molecule has 1 aromatic carbocycles. The first-order valence-corrected chi connectivity index (χ1v) is 11.4. The lowest BCUT2D eigenvalue weighted by Gasteiger charge is -2.55. The van der Waals surface area contributed by atoms with Gasteiger partial charge in [-0.1, -0.05) is 16.8 Å². The molecule has 4 aliphatic rings. The number of amides is 1. The molecule has 0 spiro atoms. The van der Waals surface area contributed by atoms with Crippen molar-refractivity contribution in [3.05, 3.63) is 22.8 Å². The molecule has 8 nitrogen and oxygen atoms in total. The Bertz CT molecular complexity index is 1060. The van der Waals surface area contributed by atoms with Crippen LogP contribution < -0.4 is 11.1 Å². The third-order valence-corrected chi connectivity index (χ3v) is 7.70. The summed E-state index contributed by atoms with van der Waals surface area (Å²) < 4.78 is 5.42. The third kappa shape index (κ3) is 3.46. The van der Waals surface area contributed by atoms with Gasteiger partial charge in [0.15, 0.2) is 17.2 Å². The summed E-state index contributed by atoms with van der Waals surface area (Å²) in [5.74, 6) is 0.631. The van der Waals surface area contributed by atoms with Gasteiger partial charge in [0.2, 0.25) is 5.91 Å². The number of phenols is 2. The van der Waals surface area contributed by atoms with Gasteiger partial charge in [0.1, 0.15) is 17.2 Å². The van der Waals surface area contributed by atoms with Crippen LogP contribution in [0.1, 0.15) is 55.4 Å². The normalized spacial score (nSPS) is 28.1. The van der Waals surface area contributed by atoms with Gasteiger partial charge in [0.25, 0.3) is 0 Å². The molecular weight excluding hydrogens is 434 g/mol.